The Morgan fingerprint density at radius 3 is 1.86 bits per heavy atom. The third kappa shape index (κ3) is 1.85. The highest BCUT2D eigenvalue weighted by atomic mass is 14.4. The molecule has 1 unspecified atom stereocenters. The van der Waals surface area contributed by atoms with Crippen LogP contribution >= 0.6 is 0 Å². The summed E-state index contributed by atoms with van der Waals surface area (Å²) in [5, 5.41) is 0. The van der Waals surface area contributed by atoms with Gasteiger partial charge in [-0.3, -0.25) is 0 Å². The van der Waals surface area contributed by atoms with Gasteiger partial charge in [0.15, 0.2) is 0 Å². The fourth-order valence-electron chi connectivity index (χ4n) is 3.79. The van der Waals surface area contributed by atoms with E-state index in [0.717, 1.165) is 11.8 Å². The average Bonchev–Trinajstić information content (AvgIpc) is 2.79. The normalized spacial score (nSPS) is 31.7. The molecule has 14 heavy (non-hydrogen) atoms. The second-order valence-corrected chi connectivity index (χ2v) is 6.08. The highest BCUT2D eigenvalue weighted by molar-refractivity contribution is 4.89. The summed E-state index contributed by atoms with van der Waals surface area (Å²) in [5.74, 6) is 4.66. The van der Waals surface area contributed by atoms with Crippen molar-refractivity contribution in [2.45, 2.75) is 64.2 Å². The maximum atomic E-state index is 1.62. The van der Waals surface area contributed by atoms with Gasteiger partial charge in [-0.2, -0.15) is 0 Å². The van der Waals surface area contributed by atoms with Gasteiger partial charge in [0.25, 0.3) is 0 Å². The van der Waals surface area contributed by atoms with Crippen molar-refractivity contribution in [2.75, 3.05) is 0 Å². The minimum Gasteiger partial charge on any atom is -0.0530 e. The van der Waals surface area contributed by atoms with Crippen molar-refractivity contribution in [1.82, 2.24) is 0 Å². The summed E-state index contributed by atoms with van der Waals surface area (Å²) in [5.41, 5.74) is 0. The van der Waals surface area contributed by atoms with Crippen LogP contribution in [0, 0.1) is 23.7 Å². The second-order valence-electron chi connectivity index (χ2n) is 6.08. The summed E-state index contributed by atoms with van der Waals surface area (Å²) in [4.78, 5) is 0. The highest BCUT2D eigenvalue weighted by Crippen LogP contribution is 2.50. The van der Waals surface area contributed by atoms with E-state index in [4.69, 9.17) is 0 Å². The third-order valence-electron chi connectivity index (χ3n) is 5.06. The molecule has 0 heterocycles. The van der Waals surface area contributed by atoms with E-state index in [-0.39, 0.29) is 0 Å². The van der Waals surface area contributed by atoms with Gasteiger partial charge in [-0.25, -0.2) is 0 Å². The Labute approximate surface area is 88.5 Å². The van der Waals surface area contributed by atoms with Crippen LogP contribution in [0.2, 0.25) is 0 Å². The van der Waals surface area contributed by atoms with E-state index in [1.165, 1.54) is 18.3 Å². The van der Waals surface area contributed by atoms with Crippen LogP contribution in [0.4, 0.5) is 0 Å². The first-order chi connectivity index (χ1) is 6.93. The van der Waals surface area contributed by atoms with Gasteiger partial charge < -0.3 is 0 Å². The van der Waals surface area contributed by atoms with Crippen LogP contribution in [-0.2, 0) is 0 Å². The standard InChI is InChI=1S/C14H24/c1-2-7-12(6-1)14(13-8-9-13)10-11-4-3-5-11/h11-14H,1-10H2. The largest absolute Gasteiger partial charge is 0.0530 e. The fraction of sp³-hybridized carbons (Fsp3) is 1.00. The maximum Gasteiger partial charge on any atom is -0.0355 e. The molecule has 3 aliphatic carbocycles. The predicted molar refractivity (Wildman–Crippen MR) is 60.1 cm³/mol. The van der Waals surface area contributed by atoms with E-state index >= 15 is 0 Å². The predicted octanol–water partition coefficient (Wildman–Crippen LogP) is 4.39. The van der Waals surface area contributed by atoms with Crippen molar-refractivity contribution in [3.8, 4) is 0 Å². The molecule has 0 N–H and O–H groups in total. The van der Waals surface area contributed by atoms with E-state index in [1.54, 1.807) is 57.8 Å². The first kappa shape index (κ1) is 9.24. The van der Waals surface area contributed by atoms with Gasteiger partial charge in [0, 0.05) is 0 Å². The molecule has 3 fully saturated rings. The molecular formula is C14H24. The van der Waals surface area contributed by atoms with E-state index in [2.05, 4.69) is 0 Å². The molecule has 0 spiro atoms. The molecule has 0 saturated heterocycles. The summed E-state index contributed by atoms with van der Waals surface area (Å²) in [6.45, 7) is 0. The topological polar surface area (TPSA) is 0 Å². The van der Waals surface area contributed by atoms with E-state index in [1.807, 2.05) is 0 Å². The molecule has 0 bridgehead atoms. The van der Waals surface area contributed by atoms with Crippen LogP contribution in [-0.4, -0.2) is 0 Å². The number of hydrogen-bond acceptors (Lipinski definition) is 0. The van der Waals surface area contributed by atoms with E-state index in [9.17, 15) is 0 Å². The van der Waals surface area contributed by atoms with Gasteiger partial charge in [-0.1, -0.05) is 44.9 Å². The van der Waals surface area contributed by atoms with Crippen molar-refractivity contribution in [1.29, 1.82) is 0 Å². The smallest absolute Gasteiger partial charge is 0.0355 e. The molecule has 1 atom stereocenters. The highest BCUT2D eigenvalue weighted by Gasteiger charge is 2.39. The molecule has 3 rings (SSSR count). The van der Waals surface area contributed by atoms with Gasteiger partial charge >= 0.3 is 0 Å². The first-order valence-electron chi connectivity index (χ1n) is 6.93. The maximum absolute atomic E-state index is 1.62. The molecule has 3 saturated carbocycles. The van der Waals surface area contributed by atoms with Crippen molar-refractivity contribution in [3.63, 3.8) is 0 Å². The van der Waals surface area contributed by atoms with Crippen molar-refractivity contribution in [3.05, 3.63) is 0 Å². The Morgan fingerprint density at radius 2 is 1.36 bits per heavy atom. The Bertz CT molecular complexity index is 182. The lowest BCUT2D eigenvalue weighted by molar-refractivity contribution is 0.185. The van der Waals surface area contributed by atoms with E-state index < -0.39 is 0 Å². The fourth-order valence-corrected chi connectivity index (χ4v) is 3.79. The molecule has 0 nitrogen and oxygen atoms in total. The molecule has 0 amide bonds. The van der Waals surface area contributed by atoms with Crippen LogP contribution < -0.4 is 0 Å². The van der Waals surface area contributed by atoms with Gasteiger partial charge in [-0.15, -0.1) is 0 Å². The number of rotatable bonds is 4. The third-order valence-corrected chi connectivity index (χ3v) is 5.06. The molecule has 0 aromatic heterocycles. The Hall–Kier alpha value is 0. The van der Waals surface area contributed by atoms with Crippen molar-refractivity contribution in [2.24, 2.45) is 23.7 Å². The lowest BCUT2D eigenvalue weighted by Crippen LogP contribution is -2.22. The quantitative estimate of drug-likeness (QED) is 0.619. The SMILES string of the molecule is C1CC(CC(C2CCCC2)C2CC2)C1. The lowest BCUT2D eigenvalue weighted by Gasteiger charge is -2.32. The Balaban J connectivity index is 1.56. The zero-order valence-corrected chi connectivity index (χ0v) is 9.38. The van der Waals surface area contributed by atoms with Crippen molar-refractivity contribution < 1.29 is 0 Å². The van der Waals surface area contributed by atoms with E-state index in [0.29, 0.717) is 0 Å². The summed E-state index contributed by atoms with van der Waals surface area (Å²) < 4.78 is 0. The summed E-state index contributed by atoms with van der Waals surface area (Å²) in [6, 6.07) is 0. The molecule has 0 heteroatoms. The molecular weight excluding hydrogens is 168 g/mol. The monoisotopic (exact) mass is 192 g/mol. The van der Waals surface area contributed by atoms with Crippen LogP contribution in [0.5, 0.6) is 0 Å². The molecule has 0 radical (unpaired) electrons. The zero-order valence-electron chi connectivity index (χ0n) is 9.38. The molecule has 0 aromatic carbocycles. The summed E-state index contributed by atoms with van der Waals surface area (Å²) in [7, 11) is 0. The molecule has 0 aromatic rings. The van der Waals surface area contributed by atoms with Crippen LogP contribution in [0.3, 0.4) is 0 Å². The second kappa shape index (κ2) is 3.87. The Kier molecular flexibility index (Phi) is 2.55. The Morgan fingerprint density at radius 1 is 0.714 bits per heavy atom. The van der Waals surface area contributed by atoms with Gasteiger partial charge in [-0.05, 0) is 42.9 Å². The van der Waals surface area contributed by atoms with Crippen LogP contribution in [0.1, 0.15) is 64.2 Å². The minimum absolute atomic E-state index is 1.15. The summed E-state index contributed by atoms with van der Waals surface area (Å²) in [6.07, 6.45) is 15.7. The zero-order chi connectivity index (χ0) is 9.38. The minimum atomic E-state index is 1.15. The van der Waals surface area contributed by atoms with Crippen LogP contribution in [0.25, 0.3) is 0 Å². The average molecular weight is 192 g/mol. The molecule has 80 valence electrons. The van der Waals surface area contributed by atoms with Crippen molar-refractivity contribution >= 4 is 0 Å². The summed E-state index contributed by atoms with van der Waals surface area (Å²) >= 11 is 0. The molecule has 3 aliphatic rings. The molecule has 0 aliphatic heterocycles. The lowest BCUT2D eigenvalue weighted by atomic mass is 9.73. The van der Waals surface area contributed by atoms with Gasteiger partial charge in [0.1, 0.15) is 0 Å². The number of hydrogen-bond donors (Lipinski definition) is 0. The van der Waals surface area contributed by atoms with Gasteiger partial charge in [0.05, 0.1) is 0 Å². The van der Waals surface area contributed by atoms with Gasteiger partial charge in [0.2, 0.25) is 0 Å². The van der Waals surface area contributed by atoms with Crippen LogP contribution in [0.15, 0.2) is 0 Å². The first-order valence-corrected chi connectivity index (χ1v) is 6.93.